The summed E-state index contributed by atoms with van der Waals surface area (Å²) in [7, 11) is 0. The van der Waals surface area contributed by atoms with Crippen molar-refractivity contribution < 1.29 is 4.39 Å². The minimum Gasteiger partial charge on any atom is -0.320 e. The van der Waals surface area contributed by atoms with Gasteiger partial charge < -0.3 is 5.73 Å². The van der Waals surface area contributed by atoms with E-state index in [4.69, 9.17) is 5.73 Å². The van der Waals surface area contributed by atoms with Gasteiger partial charge in [-0.1, -0.05) is 46.3 Å². The van der Waals surface area contributed by atoms with Crippen LogP contribution in [0.5, 0.6) is 0 Å². The number of hydrogen-bond acceptors (Lipinski definition) is 1. The average molecular weight is 294 g/mol. The number of rotatable bonds is 2. The minimum atomic E-state index is -0.319. The molecule has 2 aromatic rings. The standard InChI is InChI=1S/C14H13BrFN/c1-9-4-2-7-12(13(9)15)14(17)10-5-3-6-11(16)8-10/h2-8,14H,17H2,1H3. The van der Waals surface area contributed by atoms with Crippen molar-refractivity contribution in [3.8, 4) is 0 Å². The van der Waals surface area contributed by atoms with Gasteiger partial charge in [-0.2, -0.15) is 0 Å². The van der Waals surface area contributed by atoms with E-state index in [0.29, 0.717) is 0 Å². The summed E-state index contributed by atoms with van der Waals surface area (Å²) in [5.41, 5.74) is 9.02. The van der Waals surface area contributed by atoms with Crippen molar-refractivity contribution in [3.05, 3.63) is 69.4 Å². The van der Waals surface area contributed by atoms with Gasteiger partial charge in [-0.25, -0.2) is 4.39 Å². The van der Waals surface area contributed by atoms with Crippen LogP contribution in [-0.2, 0) is 0 Å². The molecule has 1 nitrogen and oxygen atoms in total. The highest BCUT2D eigenvalue weighted by molar-refractivity contribution is 9.10. The molecule has 1 unspecified atom stereocenters. The van der Waals surface area contributed by atoms with E-state index < -0.39 is 0 Å². The van der Waals surface area contributed by atoms with E-state index in [9.17, 15) is 4.39 Å². The summed E-state index contributed by atoms with van der Waals surface area (Å²) in [5, 5.41) is 0. The molecule has 0 aliphatic heterocycles. The van der Waals surface area contributed by atoms with E-state index in [1.54, 1.807) is 6.07 Å². The minimum absolute atomic E-state index is 0.262. The zero-order valence-corrected chi connectivity index (χ0v) is 11.0. The molecule has 0 heterocycles. The molecule has 0 aliphatic carbocycles. The molecule has 0 radical (unpaired) electrons. The Morgan fingerprint density at radius 3 is 2.59 bits per heavy atom. The molecule has 0 fully saturated rings. The summed E-state index contributed by atoms with van der Waals surface area (Å²) < 4.78 is 14.1. The molecule has 0 bridgehead atoms. The van der Waals surface area contributed by atoms with Crippen molar-refractivity contribution in [1.29, 1.82) is 0 Å². The molecule has 2 aromatic carbocycles. The lowest BCUT2D eigenvalue weighted by molar-refractivity contribution is 0.623. The van der Waals surface area contributed by atoms with Crippen molar-refractivity contribution in [2.45, 2.75) is 13.0 Å². The van der Waals surface area contributed by atoms with Crippen LogP contribution in [0.3, 0.4) is 0 Å². The third-order valence-corrected chi connectivity index (χ3v) is 3.85. The fourth-order valence-corrected chi connectivity index (χ4v) is 2.30. The molecule has 0 saturated heterocycles. The Bertz CT molecular complexity index is 539. The van der Waals surface area contributed by atoms with Gasteiger partial charge in [0.2, 0.25) is 0 Å². The molecule has 1 atom stereocenters. The third kappa shape index (κ3) is 2.56. The van der Waals surface area contributed by atoms with E-state index in [1.165, 1.54) is 12.1 Å². The lowest BCUT2D eigenvalue weighted by Gasteiger charge is -2.15. The predicted octanol–water partition coefficient (Wildman–Crippen LogP) is 3.94. The monoisotopic (exact) mass is 293 g/mol. The van der Waals surface area contributed by atoms with Gasteiger partial charge >= 0.3 is 0 Å². The lowest BCUT2D eigenvalue weighted by Crippen LogP contribution is -2.13. The van der Waals surface area contributed by atoms with Crippen LogP contribution in [0.1, 0.15) is 22.7 Å². The SMILES string of the molecule is Cc1cccc(C(N)c2cccc(F)c2)c1Br. The van der Waals surface area contributed by atoms with Gasteiger partial charge in [0.05, 0.1) is 6.04 Å². The van der Waals surface area contributed by atoms with Crippen LogP contribution in [0.4, 0.5) is 4.39 Å². The first kappa shape index (κ1) is 12.3. The normalized spacial score (nSPS) is 12.5. The summed E-state index contributed by atoms with van der Waals surface area (Å²) in [6.45, 7) is 2.01. The Morgan fingerprint density at radius 1 is 1.18 bits per heavy atom. The van der Waals surface area contributed by atoms with Gasteiger partial charge in [0.15, 0.2) is 0 Å². The summed E-state index contributed by atoms with van der Waals surface area (Å²) in [6.07, 6.45) is 0. The topological polar surface area (TPSA) is 26.0 Å². The fourth-order valence-electron chi connectivity index (χ4n) is 1.79. The highest BCUT2D eigenvalue weighted by Gasteiger charge is 2.13. The number of halogens is 2. The van der Waals surface area contributed by atoms with Crippen molar-refractivity contribution >= 4 is 15.9 Å². The number of nitrogens with two attached hydrogens (primary N) is 1. The molecule has 3 heteroatoms. The molecule has 88 valence electrons. The average Bonchev–Trinajstić information content (AvgIpc) is 2.32. The summed E-state index contributed by atoms with van der Waals surface area (Å²) >= 11 is 3.52. The maximum atomic E-state index is 13.2. The Kier molecular flexibility index (Phi) is 3.60. The molecule has 0 saturated carbocycles. The van der Waals surface area contributed by atoms with Crippen LogP contribution in [0, 0.1) is 12.7 Å². The van der Waals surface area contributed by atoms with Crippen LogP contribution < -0.4 is 5.73 Å². The van der Waals surface area contributed by atoms with E-state index in [1.807, 2.05) is 31.2 Å². The van der Waals surface area contributed by atoms with Gasteiger partial charge in [-0.05, 0) is 35.7 Å². The zero-order valence-electron chi connectivity index (χ0n) is 9.45. The lowest BCUT2D eigenvalue weighted by atomic mass is 9.98. The largest absolute Gasteiger partial charge is 0.320 e. The van der Waals surface area contributed by atoms with Crippen LogP contribution >= 0.6 is 15.9 Å². The third-order valence-electron chi connectivity index (χ3n) is 2.76. The maximum absolute atomic E-state index is 13.2. The van der Waals surface area contributed by atoms with E-state index in [-0.39, 0.29) is 11.9 Å². The Hall–Kier alpha value is -1.19. The fraction of sp³-hybridized carbons (Fsp3) is 0.143. The van der Waals surface area contributed by atoms with Crippen LogP contribution in [0.25, 0.3) is 0 Å². The van der Waals surface area contributed by atoms with E-state index in [2.05, 4.69) is 15.9 Å². The van der Waals surface area contributed by atoms with Gasteiger partial charge in [0, 0.05) is 4.47 Å². The first-order valence-electron chi connectivity index (χ1n) is 5.35. The number of aryl methyl sites for hydroxylation is 1. The second-order valence-corrected chi connectivity index (χ2v) is 4.80. The molecule has 17 heavy (non-hydrogen) atoms. The highest BCUT2D eigenvalue weighted by Crippen LogP contribution is 2.29. The molecule has 2 N–H and O–H groups in total. The van der Waals surface area contributed by atoms with Crippen molar-refractivity contribution in [3.63, 3.8) is 0 Å². The zero-order chi connectivity index (χ0) is 12.4. The van der Waals surface area contributed by atoms with Gasteiger partial charge in [0.1, 0.15) is 5.82 Å². The van der Waals surface area contributed by atoms with Crippen LogP contribution in [0.2, 0.25) is 0 Å². The van der Waals surface area contributed by atoms with Crippen LogP contribution in [0.15, 0.2) is 46.9 Å². The number of hydrogen-bond donors (Lipinski definition) is 1. The molecule has 0 aromatic heterocycles. The summed E-state index contributed by atoms with van der Waals surface area (Å²) in [6, 6.07) is 12.0. The first-order chi connectivity index (χ1) is 8.09. The Labute approximate surface area is 109 Å². The second-order valence-electron chi connectivity index (χ2n) is 4.01. The molecular weight excluding hydrogens is 281 g/mol. The Morgan fingerprint density at radius 2 is 1.88 bits per heavy atom. The number of benzene rings is 2. The summed E-state index contributed by atoms with van der Waals surface area (Å²) in [4.78, 5) is 0. The van der Waals surface area contributed by atoms with Gasteiger partial charge in [-0.15, -0.1) is 0 Å². The summed E-state index contributed by atoms with van der Waals surface area (Å²) in [5.74, 6) is -0.262. The molecule has 0 spiro atoms. The molecule has 0 amide bonds. The second kappa shape index (κ2) is 4.98. The van der Waals surface area contributed by atoms with Crippen molar-refractivity contribution in [1.82, 2.24) is 0 Å². The maximum Gasteiger partial charge on any atom is 0.123 e. The predicted molar refractivity (Wildman–Crippen MR) is 71.3 cm³/mol. The quantitative estimate of drug-likeness (QED) is 0.892. The molecule has 0 aliphatic rings. The van der Waals surface area contributed by atoms with Crippen molar-refractivity contribution in [2.24, 2.45) is 5.73 Å². The van der Waals surface area contributed by atoms with E-state index >= 15 is 0 Å². The first-order valence-corrected chi connectivity index (χ1v) is 6.15. The van der Waals surface area contributed by atoms with Crippen molar-refractivity contribution in [2.75, 3.05) is 0 Å². The molecular formula is C14H13BrFN. The highest BCUT2D eigenvalue weighted by atomic mass is 79.9. The van der Waals surface area contributed by atoms with Crippen LogP contribution in [-0.4, -0.2) is 0 Å². The van der Waals surface area contributed by atoms with E-state index in [0.717, 1.165) is 21.2 Å². The molecule has 2 rings (SSSR count). The Balaban J connectivity index is 2.44. The van der Waals surface area contributed by atoms with Gasteiger partial charge in [0.25, 0.3) is 0 Å². The van der Waals surface area contributed by atoms with Gasteiger partial charge in [-0.3, -0.25) is 0 Å². The smallest absolute Gasteiger partial charge is 0.123 e.